The van der Waals surface area contributed by atoms with Gasteiger partial charge in [-0.2, -0.15) is 0 Å². The van der Waals surface area contributed by atoms with Gasteiger partial charge in [-0.25, -0.2) is 4.79 Å². The summed E-state index contributed by atoms with van der Waals surface area (Å²) in [6, 6.07) is 4.49. The summed E-state index contributed by atoms with van der Waals surface area (Å²) >= 11 is 11.9. The Morgan fingerprint density at radius 2 is 1.93 bits per heavy atom. The lowest BCUT2D eigenvalue weighted by atomic mass is 9.84. The molecule has 1 aromatic carbocycles. The number of ketones is 1. The second kappa shape index (κ2) is 10.3. The highest BCUT2D eigenvalue weighted by Gasteiger charge is 2.40. The summed E-state index contributed by atoms with van der Waals surface area (Å²) in [6.07, 6.45) is 6.10. The van der Waals surface area contributed by atoms with Gasteiger partial charge >= 0.3 is 5.97 Å². The second-order valence-corrected chi connectivity index (χ2v) is 8.60. The molecule has 0 spiro atoms. The normalized spacial score (nSPS) is 17.4. The Hall–Kier alpha value is -1.85. The number of piperidine rings is 1. The number of ether oxygens (including phenoxy) is 1. The van der Waals surface area contributed by atoms with Crippen molar-refractivity contribution in [1.82, 2.24) is 4.90 Å². The Balaban J connectivity index is 1.98. The van der Waals surface area contributed by atoms with Crippen LogP contribution in [-0.2, 0) is 19.1 Å². The van der Waals surface area contributed by atoms with Gasteiger partial charge in [-0.1, -0.05) is 56.1 Å². The number of nitrogens with zero attached hydrogens (tertiary/aromatic N) is 1. The summed E-state index contributed by atoms with van der Waals surface area (Å²) in [5.41, 5.74) is 0.0864. The first-order valence-corrected chi connectivity index (χ1v) is 10.6. The first kappa shape index (κ1) is 23.4. The van der Waals surface area contributed by atoms with Crippen LogP contribution < -0.4 is 0 Å². The molecule has 0 aromatic heterocycles. The summed E-state index contributed by atoms with van der Waals surface area (Å²) in [7, 11) is 0. The van der Waals surface area contributed by atoms with Crippen LogP contribution in [0.4, 0.5) is 0 Å². The third kappa shape index (κ3) is 6.06. The first-order valence-electron chi connectivity index (χ1n) is 9.81. The molecule has 1 fully saturated rings. The maximum atomic E-state index is 12.7. The SMILES string of the molecule is CCC(C)(C)C(=O)C(=O)N1CCCCC1C(=O)OCC=Cc1ccc(Cl)c(Cl)c1. The Morgan fingerprint density at radius 3 is 2.59 bits per heavy atom. The van der Waals surface area contributed by atoms with Crippen LogP contribution in [0.3, 0.4) is 0 Å². The summed E-state index contributed by atoms with van der Waals surface area (Å²) in [5, 5.41) is 0.917. The predicted molar refractivity (Wildman–Crippen MR) is 115 cm³/mol. The maximum Gasteiger partial charge on any atom is 0.329 e. The number of halogens is 2. The van der Waals surface area contributed by atoms with E-state index in [0.29, 0.717) is 29.4 Å². The number of benzene rings is 1. The van der Waals surface area contributed by atoms with Crippen LogP contribution in [-0.4, -0.2) is 41.8 Å². The van der Waals surface area contributed by atoms with Crippen LogP contribution >= 0.6 is 23.2 Å². The molecule has 0 bridgehead atoms. The van der Waals surface area contributed by atoms with Crippen molar-refractivity contribution in [3.05, 3.63) is 39.9 Å². The van der Waals surface area contributed by atoms with Gasteiger partial charge in [-0.05, 0) is 49.5 Å². The van der Waals surface area contributed by atoms with Gasteiger partial charge in [-0.3, -0.25) is 9.59 Å². The highest BCUT2D eigenvalue weighted by Crippen LogP contribution is 2.26. The molecule has 1 amide bonds. The lowest BCUT2D eigenvalue weighted by molar-refractivity contribution is -0.160. The predicted octanol–water partition coefficient (Wildman–Crippen LogP) is 4.94. The highest BCUT2D eigenvalue weighted by atomic mass is 35.5. The molecule has 2 rings (SSSR count). The van der Waals surface area contributed by atoms with Gasteiger partial charge in [0, 0.05) is 12.0 Å². The van der Waals surface area contributed by atoms with Crippen molar-refractivity contribution in [1.29, 1.82) is 0 Å². The first-order chi connectivity index (χ1) is 13.7. The van der Waals surface area contributed by atoms with Crippen molar-refractivity contribution in [3.63, 3.8) is 0 Å². The monoisotopic (exact) mass is 439 g/mol. The molecular formula is C22H27Cl2NO4. The molecule has 0 N–H and O–H groups in total. The van der Waals surface area contributed by atoms with Crippen LogP contribution in [0.5, 0.6) is 0 Å². The fourth-order valence-corrected chi connectivity index (χ4v) is 3.33. The lowest BCUT2D eigenvalue weighted by Gasteiger charge is -2.35. The van der Waals surface area contributed by atoms with E-state index >= 15 is 0 Å². The number of hydrogen-bond acceptors (Lipinski definition) is 4. The van der Waals surface area contributed by atoms with Gasteiger partial charge in [0.05, 0.1) is 10.0 Å². The van der Waals surface area contributed by atoms with Gasteiger partial charge in [0.2, 0.25) is 5.78 Å². The molecule has 1 aliphatic heterocycles. The minimum Gasteiger partial charge on any atom is -0.460 e. The highest BCUT2D eigenvalue weighted by molar-refractivity contribution is 6.42. The number of carbonyl (C=O) groups is 3. The van der Waals surface area contributed by atoms with Gasteiger partial charge in [0.25, 0.3) is 5.91 Å². The van der Waals surface area contributed by atoms with E-state index in [4.69, 9.17) is 27.9 Å². The van der Waals surface area contributed by atoms with E-state index in [1.807, 2.05) is 6.92 Å². The molecular weight excluding hydrogens is 413 g/mol. The van der Waals surface area contributed by atoms with Crippen molar-refractivity contribution in [2.45, 2.75) is 52.5 Å². The molecule has 1 aliphatic rings. The topological polar surface area (TPSA) is 63.7 Å². The largest absolute Gasteiger partial charge is 0.460 e. The molecule has 1 heterocycles. The maximum absolute atomic E-state index is 12.7. The number of rotatable bonds is 7. The average Bonchev–Trinajstić information content (AvgIpc) is 2.72. The molecule has 5 nitrogen and oxygen atoms in total. The van der Waals surface area contributed by atoms with Crippen LogP contribution in [0.2, 0.25) is 10.0 Å². The molecule has 0 radical (unpaired) electrons. The molecule has 0 aliphatic carbocycles. The second-order valence-electron chi connectivity index (χ2n) is 7.78. The molecule has 29 heavy (non-hydrogen) atoms. The number of likely N-dealkylation sites (tertiary alicyclic amines) is 1. The fraction of sp³-hybridized carbons (Fsp3) is 0.500. The number of esters is 1. The van der Waals surface area contributed by atoms with E-state index in [1.54, 1.807) is 44.2 Å². The third-order valence-electron chi connectivity index (χ3n) is 5.30. The fourth-order valence-electron chi connectivity index (χ4n) is 3.03. The molecule has 158 valence electrons. The minimum atomic E-state index is -0.744. The van der Waals surface area contributed by atoms with Crippen LogP contribution in [0.1, 0.15) is 52.0 Å². The van der Waals surface area contributed by atoms with Gasteiger partial charge in [0.15, 0.2) is 0 Å². The van der Waals surface area contributed by atoms with Crippen LogP contribution in [0.25, 0.3) is 6.08 Å². The minimum absolute atomic E-state index is 0.0615. The standard InChI is InChI=1S/C22H27Cl2NO4/c1-4-22(2,3)19(26)20(27)25-12-6-5-9-18(25)21(28)29-13-7-8-15-10-11-16(23)17(24)14-15/h7-8,10-11,14,18H,4-6,9,12-13H2,1-3H3. The van der Waals surface area contributed by atoms with Gasteiger partial charge < -0.3 is 9.64 Å². The zero-order chi connectivity index (χ0) is 21.6. The number of amides is 1. The smallest absolute Gasteiger partial charge is 0.329 e. The Kier molecular flexibility index (Phi) is 8.29. The summed E-state index contributed by atoms with van der Waals surface area (Å²) in [4.78, 5) is 39.2. The summed E-state index contributed by atoms with van der Waals surface area (Å²) < 4.78 is 5.34. The van der Waals surface area contributed by atoms with Gasteiger partial charge in [-0.15, -0.1) is 0 Å². The van der Waals surface area contributed by atoms with Crippen molar-refractivity contribution < 1.29 is 19.1 Å². The molecule has 7 heteroatoms. The van der Waals surface area contributed by atoms with E-state index in [9.17, 15) is 14.4 Å². The summed E-state index contributed by atoms with van der Waals surface area (Å²) in [6.45, 7) is 5.82. The zero-order valence-corrected chi connectivity index (χ0v) is 18.6. The van der Waals surface area contributed by atoms with E-state index in [-0.39, 0.29) is 6.61 Å². The van der Waals surface area contributed by atoms with E-state index in [1.165, 1.54) is 4.90 Å². The van der Waals surface area contributed by atoms with Gasteiger partial charge in [0.1, 0.15) is 12.6 Å². The van der Waals surface area contributed by atoms with Crippen molar-refractivity contribution in [2.24, 2.45) is 5.41 Å². The van der Waals surface area contributed by atoms with Crippen molar-refractivity contribution in [2.75, 3.05) is 13.2 Å². The lowest BCUT2D eigenvalue weighted by Crippen LogP contribution is -2.53. The zero-order valence-electron chi connectivity index (χ0n) is 17.0. The molecule has 0 saturated carbocycles. The number of carbonyl (C=O) groups excluding carboxylic acids is 3. The average molecular weight is 440 g/mol. The number of Topliss-reactive ketones (excluding diaryl/α,β-unsaturated/α-hetero) is 1. The van der Waals surface area contributed by atoms with E-state index in [0.717, 1.165) is 18.4 Å². The quantitative estimate of drug-likeness (QED) is 0.445. The summed E-state index contributed by atoms with van der Waals surface area (Å²) in [5.74, 6) is -1.54. The molecule has 1 saturated heterocycles. The molecule has 1 aromatic rings. The Morgan fingerprint density at radius 1 is 1.21 bits per heavy atom. The van der Waals surface area contributed by atoms with Crippen LogP contribution in [0.15, 0.2) is 24.3 Å². The molecule has 1 atom stereocenters. The van der Waals surface area contributed by atoms with E-state index in [2.05, 4.69) is 0 Å². The number of hydrogen-bond donors (Lipinski definition) is 0. The third-order valence-corrected chi connectivity index (χ3v) is 6.04. The van der Waals surface area contributed by atoms with E-state index < -0.39 is 29.1 Å². The van der Waals surface area contributed by atoms with Crippen molar-refractivity contribution >= 4 is 46.9 Å². The van der Waals surface area contributed by atoms with Crippen molar-refractivity contribution in [3.8, 4) is 0 Å². The van der Waals surface area contributed by atoms with Crippen LogP contribution in [0, 0.1) is 5.41 Å². The Labute approximate surface area is 182 Å². The molecule has 1 unspecified atom stereocenters. The Bertz CT molecular complexity index is 804.